The van der Waals surface area contributed by atoms with E-state index in [1.165, 1.54) is 50.4 Å². The number of nitriles is 1. The average Bonchev–Trinajstić information content (AvgIpc) is 2.93. The van der Waals surface area contributed by atoms with Gasteiger partial charge in [-0.2, -0.15) is 17.0 Å². The maximum atomic E-state index is 8.75. The quantitative estimate of drug-likeness (QED) is 0.714. The van der Waals surface area contributed by atoms with E-state index in [1.807, 2.05) is 0 Å². The predicted octanol–water partition coefficient (Wildman–Crippen LogP) is 2.12. The van der Waals surface area contributed by atoms with Crippen LogP contribution in [0.15, 0.2) is 0 Å². The molecule has 1 saturated carbocycles. The molecule has 14 heavy (non-hydrogen) atoms. The van der Waals surface area contributed by atoms with Crippen LogP contribution in [0, 0.1) is 16.7 Å². The summed E-state index contributed by atoms with van der Waals surface area (Å²) in [5, 5.41) is 8.75. The number of nitrogens with zero attached hydrogens (tertiary/aromatic N) is 2. The molecule has 2 fully saturated rings. The molecule has 0 aromatic carbocycles. The molecule has 78 valence electrons. The highest BCUT2D eigenvalue weighted by atomic mass is 32.2. The van der Waals surface area contributed by atoms with Gasteiger partial charge in [-0.15, -0.1) is 0 Å². The summed E-state index contributed by atoms with van der Waals surface area (Å²) >= 11 is 2.07. The topological polar surface area (TPSA) is 27.0 Å². The first-order valence-electron chi connectivity index (χ1n) is 5.52. The van der Waals surface area contributed by atoms with Crippen LogP contribution in [0.5, 0.6) is 0 Å². The van der Waals surface area contributed by atoms with Crippen LogP contribution in [-0.2, 0) is 0 Å². The molecule has 2 rings (SSSR count). The molecule has 1 aliphatic heterocycles. The second-order valence-corrected chi connectivity index (χ2v) is 5.80. The van der Waals surface area contributed by atoms with Crippen molar-refractivity contribution >= 4 is 11.8 Å². The van der Waals surface area contributed by atoms with E-state index in [4.69, 9.17) is 5.26 Å². The molecule has 1 heterocycles. The minimum absolute atomic E-state index is 0.407. The summed E-state index contributed by atoms with van der Waals surface area (Å²) in [7, 11) is 0. The van der Waals surface area contributed by atoms with Crippen molar-refractivity contribution in [2.75, 3.05) is 31.1 Å². The van der Waals surface area contributed by atoms with Crippen LogP contribution in [0.2, 0.25) is 0 Å². The largest absolute Gasteiger partial charge is 0.302 e. The fourth-order valence-corrected chi connectivity index (χ4v) is 3.09. The lowest BCUT2D eigenvalue weighted by Gasteiger charge is -2.24. The first kappa shape index (κ1) is 10.3. The molecular formula is C11H18N2S. The zero-order valence-electron chi connectivity index (χ0n) is 8.67. The minimum Gasteiger partial charge on any atom is -0.302 e. The van der Waals surface area contributed by atoms with Gasteiger partial charge < -0.3 is 4.90 Å². The highest BCUT2D eigenvalue weighted by Gasteiger charge is 2.43. The van der Waals surface area contributed by atoms with Gasteiger partial charge in [0.2, 0.25) is 0 Å². The summed E-state index contributed by atoms with van der Waals surface area (Å²) in [4.78, 5) is 2.57. The Morgan fingerprint density at radius 1 is 1.29 bits per heavy atom. The summed E-state index contributed by atoms with van der Waals surface area (Å²) in [6.07, 6.45) is 4.67. The molecule has 1 aliphatic carbocycles. The molecule has 2 nitrogen and oxygen atoms in total. The van der Waals surface area contributed by atoms with E-state index in [9.17, 15) is 0 Å². The Kier molecular flexibility index (Phi) is 3.35. The van der Waals surface area contributed by atoms with Gasteiger partial charge >= 0.3 is 0 Å². The van der Waals surface area contributed by atoms with Gasteiger partial charge in [0, 0.05) is 25.3 Å². The third kappa shape index (κ3) is 2.65. The molecule has 0 bridgehead atoms. The van der Waals surface area contributed by atoms with Crippen molar-refractivity contribution in [2.24, 2.45) is 5.41 Å². The minimum atomic E-state index is 0.407. The van der Waals surface area contributed by atoms with Crippen LogP contribution < -0.4 is 0 Å². The highest BCUT2D eigenvalue weighted by molar-refractivity contribution is 7.99. The Balaban J connectivity index is 1.81. The summed E-state index contributed by atoms with van der Waals surface area (Å²) in [5.41, 5.74) is 0.407. The SMILES string of the molecule is N#CCC1(CN2CCCSCC2)CC1. The zero-order chi connectivity index (χ0) is 9.86. The normalized spacial score (nSPS) is 26.5. The van der Waals surface area contributed by atoms with E-state index in [-0.39, 0.29) is 0 Å². The fraction of sp³-hybridized carbons (Fsp3) is 0.909. The van der Waals surface area contributed by atoms with Crippen LogP contribution in [0.3, 0.4) is 0 Å². The van der Waals surface area contributed by atoms with E-state index in [2.05, 4.69) is 22.7 Å². The van der Waals surface area contributed by atoms with Crippen LogP contribution in [0.25, 0.3) is 0 Å². The van der Waals surface area contributed by atoms with Crippen molar-refractivity contribution in [3.05, 3.63) is 0 Å². The van der Waals surface area contributed by atoms with Crippen molar-refractivity contribution in [3.8, 4) is 6.07 Å². The van der Waals surface area contributed by atoms with Crippen molar-refractivity contribution in [3.63, 3.8) is 0 Å². The number of thioether (sulfide) groups is 1. The Bertz CT molecular complexity index is 222. The molecule has 3 heteroatoms. The Hall–Kier alpha value is -0.200. The molecule has 0 aromatic heterocycles. The lowest BCUT2D eigenvalue weighted by Crippen LogP contribution is -2.32. The second kappa shape index (κ2) is 4.55. The molecule has 0 N–H and O–H groups in total. The van der Waals surface area contributed by atoms with Gasteiger partial charge in [0.05, 0.1) is 6.07 Å². The van der Waals surface area contributed by atoms with Gasteiger partial charge in [-0.1, -0.05) is 0 Å². The van der Waals surface area contributed by atoms with Gasteiger partial charge in [-0.3, -0.25) is 0 Å². The molecule has 0 spiro atoms. The van der Waals surface area contributed by atoms with E-state index in [0.29, 0.717) is 5.41 Å². The van der Waals surface area contributed by atoms with Crippen LogP contribution in [0.1, 0.15) is 25.7 Å². The number of hydrogen-bond acceptors (Lipinski definition) is 3. The standard InChI is InChI=1S/C11H18N2S/c12-5-4-11(2-3-11)10-13-6-1-8-14-9-7-13/h1-4,6-10H2. The van der Waals surface area contributed by atoms with Crippen LogP contribution in [0.4, 0.5) is 0 Å². The third-order valence-electron chi connectivity index (χ3n) is 3.29. The van der Waals surface area contributed by atoms with E-state index in [1.54, 1.807) is 0 Å². The van der Waals surface area contributed by atoms with Gasteiger partial charge in [-0.25, -0.2) is 0 Å². The smallest absolute Gasteiger partial charge is 0.0628 e. The zero-order valence-corrected chi connectivity index (χ0v) is 9.48. The van der Waals surface area contributed by atoms with Crippen molar-refractivity contribution in [2.45, 2.75) is 25.7 Å². The number of rotatable bonds is 3. The summed E-state index contributed by atoms with van der Waals surface area (Å²) < 4.78 is 0. The average molecular weight is 210 g/mol. The lowest BCUT2D eigenvalue weighted by atomic mass is 10.0. The molecule has 0 radical (unpaired) electrons. The Morgan fingerprint density at radius 2 is 2.14 bits per heavy atom. The maximum absolute atomic E-state index is 8.75. The first-order valence-corrected chi connectivity index (χ1v) is 6.67. The van der Waals surface area contributed by atoms with Crippen molar-refractivity contribution in [1.82, 2.24) is 4.90 Å². The van der Waals surface area contributed by atoms with Gasteiger partial charge in [0.1, 0.15) is 0 Å². The fourth-order valence-electron chi connectivity index (χ4n) is 2.17. The van der Waals surface area contributed by atoms with Crippen molar-refractivity contribution in [1.29, 1.82) is 5.26 Å². The summed E-state index contributed by atoms with van der Waals surface area (Å²) in [6.45, 7) is 3.67. The highest BCUT2D eigenvalue weighted by Crippen LogP contribution is 2.49. The molecule has 0 atom stereocenters. The molecule has 0 amide bonds. The third-order valence-corrected chi connectivity index (χ3v) is 4.33. The molecular weight excluding hydrogens is 192 g/mol. The summed E-state index contributed by atoms with van der Waals surface area (Å²) in [5.74, 6) is 2.60. The maximum Gasteiger partial charge on any atom is 0.0628 e. The second-order valence-electron chi connectivity index (χ2n) is 4.58. The molecule has 2 aliphatic rings. The molecule has 0 aromatic rings. The predicted molar refractivity (Wildman–Crippen MR) is 60.3 cm³/mol. The van der Waals surface area contributed by atoms with E-state index in [0.717, 1.165) is 6.42 Å². The Labute approximate surface area is 90.7 Å². The van der Waals surface area contributed by atoms with Crippen LogP contribution in [-0.4, -0.2) is 36.0 Å². The molecule has 0 unspecified atom stereocenters. The number of hydrogen-bond donors (Lipinski definition) is 0. The molecule has 1 saturated heterocycles. The van der Waals surface area contributed by atoms with Crippen molar-refractivity contribution < 1.29 is 0 Å². The lowest BCUT2D eigenvalue weighted by molar-refractivity contribution is 0.236. The van der Waals surface area contributed by atoms with Gasteiger partial charge in [0.25, 0.3) is 0 Å². The Morgan fingerprint density at radius 3 is 2.86 bits per heavy atom. The first-order chi connectivity index (χ1) is 6.85. The summed E-state index contributed by atoms with van der Waals surface area (Å²) in [6, 6.07) is 2.34. The van der Waals surface area contributed by atoms with E-state index < -0.39 is 0 Å². The monoisotopic (exact) mass is 210 g/mol. The van der Waals surface area contributed by atoms with Crippen LogP contribution >= 0.6 is 11.8 Å². The van der Waals surface area contributed by atoms with Gasteiger partial charge in [0.15, 0.2) is 0 Å². The van der Waals surface area contributed by atoms with E-state index >= 15 is 0 Å². The van der Waals surface area contributed by atoms with Gasteiger partial charge in [-0.05, 0) is 37.0 Å².